The minimum atomic E-state index is -0.495. The highest BCUT2D eigenvalue weighted by Crippen LogP contribution is 2.36. The molecule has 29 heavy (non-hydrogen) atoms. The molecule has 0 aliphatic heterocycles. The van der Waals surface area contributed by atoms with Crippen molar-refractivity contribution in [2.75, 3.05) is 20.3 Å². The number of aryl methyl sites for hydroxylation is 2. The summed E-state index contributed by atoms with van der Waals surface area (Å²) in [5.74, 6) is 0.557. The van der Waals surface area contributed by atoms with Crippen molar-refractivity contribution in [3.05, 3.63) is 51.5 Å². The van der Waals surface area contributed by atoms with Gasteiger partial charge in [-0.15, -0.1) is 0 Å². The highest BCUT2D eigenvalue weighted by atomic mass is 79.9. The standard InChI is InChI=1S/C21H25BrN2O5/c1-5-8-28-20-17(22)10-15(11-18(20)27-4)21(26)24-23-19(25)12-29-16-7-6-13(2)14(3)9-16/h6-7,9-11H,5,8,12H2,1-4H3,(H,23,25)(H,24,26). The third-order valence-corrected chi connectivity index (χ3v) is 4.69. The molecule has 0 aromatic heterocycles. The number of hydrazine groups is 1. The number of carbonyl (C=O) groups is 2. The lowest BCUT2D eigenvalue weighted by Crippen LogP contribution is -2.43. The van der Waals surface area contributed by atoms with Gasteiger partial charge >= 0.3 is 0 Å². The van der Waals surface area contributed by atoms with E-state index >= 15 is 0 Å². The molecule has 0 unspecified atom stereocenters. The second kappa shape index (κ2) is 10.7. The Morgan fingerprint density at radius 2 is 1.79 bits per heavy atom. The van der Waals surface area contributed by atoms with E-state index in [0.29, 0.717) is 33.9 Å². The van der Waals surface area contributed by atoms with Crippen LogP contribution in [-0.2, 0) is 4.79 Å². The first-order chi connectivity index (χ1) is 13.8. The predicted molar refractivity (Wildman–Crippen MR) is 113 cm³/mol. The van der Waals surface area contributed by atoms with E-state index in [9.17, 15) is 9.59 Å². The van der Waals surface area contributed by atoms with Crippen LogP contribution >= 0.6 is 15.9 Å². The minimum Gasteiger partial charge on any atom is -0.493 e. The van der Waals surface area contributed by atoms with Crippen LogP contribution in [-0.4, -0.2) is 32.1 Å². The summed E-state index contributed by atoms with van der Waals surface area (Å²) in [4.78, 5) is 24.3. The second-order valence-electron chi connectivity index (χ2n) is 6.37. The molecule has 0 spiro atoms. The Balaban J connectivity index is 1.93. The van der Waals surface area contributed by atoms with E-state index < -0.39 is 11.8 Å². The molecule has 0 radical (unpaired) electrons. The Kier molecular flexibility index (Phi) is 8.33. The van der Waals surface area contributed by atoms with Gasteiger partial charge in [-0.25, -0.2) is 0 Å². The third kappa shape index (κ3) is 6.39. The summed E-state index contributed by atoms with van der Waals surface area (Å²) in [7, 11) is 1.49. The molecule has 2 amide bonds. The molecule has 0 atom stereocenters. The Bertz CT molecular complexity index is 886. The maximum atomic E-state index is 12.4. The van der Waals surface area contributed by atoms with Crippen LogP contribution in [0.3, 0.4) is 0 Å². The highest BCUT2D eigenvalue weighted by molar-refractivity contribution is 9.10. The van der Waals surface area contributed by atoms with Gasteiger partial charge in [-0.05, 0) is 71.6 Å². The first-order valence-electron chi connectivity index (χ1n) is 9.15. The lowest BCUT2D eigenvalue weighted by molar-refractivity contribution is -0.123. The van der Waals surface area contributed by atoms with E-state index in [0.717, 1.165) is 17.5 Å². The molecule has 0 heterocycles. The second-order valence-corrected chi connectivity index (χ2v) is 7.23. The summed E-state index contributed by atoms with van der Waals surface area (Å²) in [5.41, 5.74) is 7.20. The molecule has 0 aliphatic rings. The van der Waals surface area contributed by atoms with Gasteiger partial charge in [0.2, 0.25) is 0 Å². The van der Waals surface area contributed by atoms with Crippen molar-refractivity contribution in [1.82, 2.24) is 10.9 Å². The van der Waals surface area contributed by atoms with Crippen LogP contribution in [0.4, 0.5) is 0 Å². The number of hydrogen-bond donors (Lipinski definition) is 2. The molecule has 0 aliphatic carbocycles. The zero-order valence-corrected chi connectivity index (χ0v) is 18.5. The van der Waals surface area contributed by atoms with Gasteiger partial charge in [0.15, 0.2) is 18.1 Å². The fraction of sp³-hybridized carbons (Fsp3) is 0.333. The fourth-order valence-electron chi connectivity index (χ4n) is 2.38. The molecular weight excluding hydrogens is 440 g/mol. The smallest absolute Gasteiger partial charge is 0.276 e. The zero-order valence-electron chi connectivity index (χ0n) is 16.9. The third-order valence-electron chi connectivity index (χ3n) is 4.11. The van der Waals surface area contributed by atoms with E-state index in [1.807, 2.05) is 32.9 Å². The zero-order chi connectivity index (χ0) is 21.4. The molecule has 2 aromatic carbocycles. The monoisotopic (exact) mass is 464 g/mol. The van der Waals surface area contributed by atoms with Crippen molar-refractivity contribution in [3.63, 3.8) is 0 Å². The molecule has 2 rings (SSSR count). The van der Waals surface area contributed by atoms with Gasteiger partial charge in [0, 0.05) is 5.56 Å². The van der Waals surface area contributed by atoms with Crippen LogP contribution in [0.25, 0.3) is 0 Å². The molecule has 8 heteroatoms. The lowest BCUT2D eigenvalue weighted by atomic mass is 10.1. The van der Waals surface area contributed by atoms with Crippen LogP contribution in [0.15, 0.2) is 34.8 Å². The Morgan fingerprint density at radius 3 is 2.45 bits per heavy atom. The molecule has 2 N–H and O–H groups in total. The molecule has 7 nitrogen and oxygen atoms in total. The van der Waals surface area contributed by atoms with Gasteiger partial charge in [0.05, 0.1) is 18.2 Å². The van der Waals surface area contributed by atoms with Gasteiger partial charge in [0.1, 0.15) is 5.75 Å². The topological polar surface area (TPSA) is 85.9 Å². The normalized spacial score (nSPS) is 10.2. The average molecular weight is 465 g/mol. The van der Waals surface area contributed by atoms with E-state index in [4.69, 9.17) is 14.2 Å². The van der Waals surface area contributed by atoms with Crippen LogP contribution in [0.5, 0.6) is 17.2 Å². The quantitative estimate of drug-likeness (QED) is 0.581. The summed E-state index contributed by atoms with van der Waals surface area (Å²) in [6.07, 6.45) is 0.841. The summed E-state index contributed by atoms with van der Waals surface area (Å²) >= 11 is 3.39. The number of methoxy groups -OCH3 is 1. The predicted octanol–water partition coefficient (Wildman–Crippen LogP) is 3.70. The average Bonchev–Trinajstić information content (AvgIpc) is 2.71. The summed E-state index contributed by atoms with van der Waals surface area (Å²) < 4.78 is 17.0. The molecule has 0 saturated carbocycles. The van der Waals surface area contributed by atoms with Gasteiger partial charge in [-0.1, -0.05) is 13.0 Å². The number of amides is 2. The maximum absolute atomic E-state index is 12.4. The number of hydrogen-bond acceptors (Lipinski definition) is 5. The molecular formula is C21H25BrN2O5. The fourth-order valence-corrected chi connectivity index (χ4v) is 2.94. The summed E-state index contributed by atoms with van der Waals surface area (Å²) in [6, 6.07) is 8.71. The summed E-state index contributed by atoms with van der Waals surface area (Å²) in [5, 5.41) is 0. The highest BCUT2D eigenvalue weighted by Gasteiger charge is 2.16. The first-order valence-corrected chi connectivity index (χ1v) is 9.94. The lowest BCUT2D eigenvalue weighted by Gasteiger charge is -2.14. The van der Waals surface area contributed by atoms with E-state index in [1.54, 1.807) is 18.2 Å². The van der Waals surface area contributed by atoms with Crippen molar-refractivity contribution in [2.45, 2.75) is 27.2 Å². The molecule has 0 bridgehead atoms. The van der Waals surface area contributed by atoms with E-state index in [-0.39, 0.29) is 6.61 Å². The number of carbonyl (C=O) groups excluding carboxylic acids is 2. The maximum Gasteiger partial charge on any atom is 0.276 e. The Morgan fingerprint density at radius 1 is 1.03 bits per heavy atom. The van der Waals surface area contributed by atoms with Crippen LogP contribution in [0, 0.1) is 13.8 Å². The molecule has 2 aromatic rings. The van der Waals surface area contributed by atoms with Crippen molar-refractivity contribution in [1.29, 1.82) is 0 Å². The number of halogens is 1. The van der Waals surface area contributed by atoms with E-state index in [2.05, 4.69) is 26.8 Å². The minimum absolute atomic E-state index is 0.223. The molecule has 0 saturated heterocycles. The number of nitrogens with one attached hydrogen (secondary N) is 2. The van der Waals surface area contributed by atoms with Gasteiger partial charge < -0.3 is 14.2 Å². The van der Waals surface area contributed by atoms with Crippen LogP contribution in [0.2, 0.25) is 0 Å². The molecule has 0 fully saturated rings. The number of benzene rings is 2. The molecule has 156 valence electrons. The van der Waals surface area contributed by atoms with Crippen molar-refractivity contribution in [2.24, 2.45) is 0 Å². The van der Waals surface area contributed by atoms with E-state index in [1.165, 1.54) is 7.11 Å². The first kappa shape index (κ1) is 22.5. The Hall–Kier alpha value is -2.74. The van der Waals surface area contributed by atoms with Crippen molar-refractivity contribution < 1.29 is 23.8 Å². The van der Waals surface area contributed by atoms with Gasteiger partial charge in [-0.3, -0.25) is 20.4 Å². The van der Waals surface area contributed by atoms with Crippen molar-refractivity contribution >= 4 is 27.7 Å². The van der Waals surface area contributed by atoms with Gasteiger partial charge in [0.25, 0.3) is 11.8 Å². The summed E-state index contributed by atoms with van der Waals surface area (Å²) in [6.45, 7) is 6.26. The number of rotatable bonds is 8. The Labute approximate surface area is 178 Å². The largest absolute Gasteiger partial charge is 0.493 e. The SMILES string of the molecule is CCCOc1c(Br)cc(C(=O)NNC(=O)COc2ccc(C)c(C)c2)cc1OC. The van der Waals surface area contributed by atoms with Gasteiger partial charge in [-0.2, -0.15) is 0 Å². The number of ether oxygens (including phenoxy) is 3. The van der Waals surface area contributed by atoms with Crippen LogP contribution in [0.1, 0.15) is 34.8 Å². The van der Waals surface area contributed by atoms with Crippen molar-refractivity contribution in [3.8, 4) is 17.2 Å². The van der Waals surface area contributed by atoms with Crippen LogP contribution < -0.4 is 25.1 Å².